The van der Waals surface area contributed by atoms with Crippen molar-refractivity contribution >= 4 is 34.3 Å². The number of carbonyl (C=O) groups is 3. The van der Waals surface area contributed by atoms with Gasteiger partial charge in [-0.15, -0.1) is 0 Å². The summed E-state index contributed by atoms with van der Waals surface area (Å²) >= 11 is 0. The largest absolute Gasteiger partial charge is 0.465 e. The van der Waals surface area contributed by atoms with Crippen LogP contribution in [-0.4, -0.2) is 41.8 Å². The first-order valence-corrected chi connectivity index (χ1v) is 8.58. The van der Waals surface area contributed by atoms with Crippen molar-refractivity contribution in [3.63, 3.8) is 0 Å². The van der Waals surface area contributed by atoms with Crippen LogP contribution in [0, 0.1) is 0 Å². The summed E-state index contributed by atoms with van der Waals surface area (Å²) in [7, 11) is 1.28. The van der Waals surface area contributed by atoms with Gasteiger partial charge in [-0.2, -0.15) is 5.10 Å². The summed E-state index contributed by atoms with van der Waals surface area (Å²) in [6.07, 6.45) is -0.196. The summed E-state index contributed by atoms with van der Waals surface area (Å²) in [6.45, 7) is -0.487. The van der Waals surface area contributed by atoms with Crippen molar-refractivity contribution in [3.8, 4) is 0 Å². The van der Waals surface area contributed by atoms with E-state index in [0.29, 0.717) is 27.7 Å². The molecular weight excluding hydrogens is 378 g/mol. The molecule has 0 aliphatic carbocycles. The number of ether oxygens (including phenoxy) is 2. The molecule has 0 radical (unpaired) electrons. The molecular formula is C20H17N3O6. The van der Waals surface area contributed by atoms with Crippen LogP contribution in [0.4, 0.5) is 5.69 Å². The lowest BCUT2D eigenvalue weighted by atomic mass is 10.1. The number of nitrogens with zero attached hydrogens (tertiary/aromatic N) is 1. The lowest BCUT2D eigenvalue weighted by Crippen LogP contribution is -2.22. The zero-order valence-electron chi connectivity index (χ0n) is 15.4. The molecule has 1 amide bonds. The van der Waals surface area contributed by atoms with Gasteiger partial charge in [-0.1, -0.05) is 18.2 Å². The average molecular weight is 395 g/mol. The molecule has 2 N–H and O–H groups in total. The third kappa shape index (κ3) is 4.83. The molecule has 9 heteroatoms. The predicted molar refractivity (Wildman–Crippen MR) is 103 cm³/mol. The number of hydrogen-bond acceptors (Lipinski definition) is 7. The van der Waals surface area contributed by atoms with Crippen LogP contribution < -0.4 is 10.9 Å². The van der Waals surface area contributed by atoms with Crippen LogP contribution >= 0.6 is 0 Å². The molecule has 1 aromatic heterocycles. The molecule has 1 heterocycles. The Morgan fingerprint density at radius 1 is 1.03 bits per heavy atom. The molecule has 0 aliphatic rings. The zero-order valence-corrected chi connectivity index (χ0v) is 15.4. The predicted octanol–water partition coefficient (Wildman–Crippen LogP) is 1.43. The van der Waals surface area contributed by atoms with Gasteiger partial charge in [0, 0.05) is 11.1 Å². The lowest BCUT2D eigenvalue weighted by Gasteiger charge is -2.08. The molecule has 0 fully saturated rings. The van der Waals surface area contributed by atoms with Crippen molar-refractivity contribution in [2.45, 2.75) is 6.42 Å². The van der Waals surface area contributed by atoms with Gasteiger partial charge in [0.1, 0.15) is 0 Å². The van der Waals surface area contributed by atoms with Gasteiger partial charge < -0.3 is 14.8 Å². The van der Waals surface area contributed by atoms with Crippen LogP contribution in [0.2, 0.25) is 0 Å². The van der Waals surface area contributed by atoms with Gasteiger partial charge >= 0.3 is 11.9 Å². The second-order valence-electron chi connectivity index (χ2n) is 6.00. The van der Waals surface area contributed by atoms with Gasteiger partial charge in [0.15, 0.2) is 6.61 Å². The van der Waals surface area contributed by atoms with E-state index in [1.165, 1.54) is 31.4 Å². The number of H-pyrrole nitrogens is 1. The van der Waals surface area contributed by atoms with Crippen molar-refractivity contribution in [2.24, 2.45) is 0 Å². The standard InChI is InChI=1S/C20H17N3O6/c1-28-20(27)12-6-8-13(9-7-12)21-17(24)11-29-18(25)10-16-14-4-2-3-5-15(14)19(26)23-22-16/h2-9H,10-11H2,1H3,(H,21,24)(H,23,26). The molecule has 2 aromatic carbocycles. The maximum Gasteiger partial charge on any atom is 0.337 e. The Kier molecular flexibility index (Phi) is 5.98. The lowest BCUT2D eigenvalue weighted by molar-refractivity contribution is -0.146. The van der Waals surface area contributed by atoms with Gasteiger partial charge in [-0.3, -0.25) is 14.4 Å². The van der Waals surface area contributed by atoms with Crippen molar-refractivity contribution in [1.29, 1.82) is 0 Å². The smallest absolute Gasteiger partial charge is 0.337 e. The summed E-state index contributed by atoms with van der Waals surface area (Å²) in [4.78, 5) is 47.2. The van der Waals surface area contributed by atoms with Crippen LogP contribution in [-0.2, 0) is 25.5 Å². The second kappa shape index (κ2) is 8.79. The number of aromatic amines is 1. The first kappa shape index (κ1) is 19.7. The fourth-order valence-corrected chi connectivity index (χ4v) is 2.64. The topological polar surface area (TPSA) is 127 Å². The molecule has 3 aromatic rings. The van der Waals surface area contributed by atoms with E-state index in [0.717, 1.165) is 0 Å². The molecule has 29 heavy (non-hydrogen) atoms. The summed E-state index contributed by atoms with van der Waals surface area (Å²) in [6, 6.07) is 12.8. The molecule has 0 atom stereocenters. The number of aromatic nitrogens is 2. The van der Waals surface area contributed by atoms with E-state index in [-0.39, 0.29) is 12.0 Å². The number of methoxy groups -OCH3 is 1. The van der Waals surface area contributed by atoms with Gasteiger partial charge in [-0.25, -0.2) is 9.89 Å². The number of hydrogen-bond donors (Lipinski definition) is 2. The summed E-state index contributed by atoms with van der Waals surface area (Å²) in [5, 5.41) is 9.74. The highest BCUT2D eigenvalue weighted by Crippen LogP contribution is 2.13. The highest BCUT2D eigenvalue weighted by atomic mass is 16.5. The monoisotopic (exact) mass is 395 g/mol. The Labute approximate surface area is 164 Å². The van der Waals surface area contributed by atoms with Crippen LogP contribution in [0.3, 0.4) is 0 Å². The van der Waals surface area contributed by atoms with Crippen LogP contribution in [0.5, 0.6) is 0 Å². The number of benzene rings is 2. The number of amides is 1. The number of carbonyl (C=O) groups excluding carboxylic acids is 3. The number of anilines is 1. The fourth-order valence-electron chi connectivity index (χ4n) is 2.64. The molecule has 0 aliphatic heterocycles. The van der Waals surface area contributed by atoms with E-state index in [4.69, 9.17) is 4.74 Å². The first-order chi connectivity index (χ1) is 14.0. The highest BCUT2D eigenvalue weighted by Gasteiger charge is 2.13. The van der Waals surface area contributed by atoms with E-state index in [1.807, 2.05) is 0 Å². The molecule has 9 nitrogen and oxygen atoms in total. The Hall–Kier alpha value is -4.01. The zero-order chi connectivity index (χ0) is 20.8. The van der Waals surface area contributed by atoms with Crippen molar-refractivity contribution in [1.82, 2.24) is 10.2 Å². The fraction of sp³-hybridized carbons (Fsp3) is 0.150. The molecule has 3 rings (SSSR count). The summed E-state index contributed by atoms with van der Waals surface area (Å²) < 4.78 is 9.58. The van der Waals surface area contributed by atoms with E-state index in [1.54, 1.807) is 24.3 Å². The number of esters is 2. The van der Waals surface area contributed by atoms with Crippen LogP contribution in [0.1, 0.15) is 16.1 Å². The van der Waals surface area contributed by atoms with Gasteiger partial charge in [0.05, 0.1) is 30.2 Å². The molecule has 148 valence electrons. The normalized spacial score (nSPS) is 10.4. The van der Waals surface area contributed by atoms with Crippen molar-refractivity contribution < 1.29 is 23.9 Å². The molecule has 0 saturated carbocycles. The minimum Gasteiger partial charge on any atom is -0.465 e. The van der Waals surface area contributed by atoms with E-state index in [9.17, 15) is 19.2 Å². The number of rotatable bonds is 6. The second-order valence-corrected chi connectivity index (χ2v) is 6.00. The number of fused-ring (bicyclic) bond motifs is 1. The average Bonchev–Trinajstić information content (AvgIpc) is 2.74. The third-order valence-electron chi connectivity index (χ3n) is 4.04. The van der Waals surface area contributed by atoms with Crippen LogP contribution in [0.15, 0.2) is 53.3 Å². The maximum atomic E-state index is 12.1. The van der Waals surface area contributed by atoms with E-state index >= 15 is 0 Å². The highest BCUT2D eigenvalue weighted by molar-refractivity contribution is 5.94. The van der Waals surface area contributed by atoms with Gasteiger partial charge in [-0.05, 0) is 30.3 Å². The Morgan fingerprint density at radius 3 is 2.41 bits per heavy atom. The number of nitrogens with one attached hydrogen (secondary N) is 2. The van der Waals surface area contributed by atoms with Crippen LogP contribution in [0.25, 0.3) is 10.8 Å². The first-order valence-electron chi connectivity index (χ1n) is 8.58. The minimum absolute atomic E-state index is 0.196. The Balaban J connectivity index is 1.56. The van der Waals surface area contributed by atoms with Crippen molar-refractivity contribution in [3.05, 3.63) is 70.1 Å². The minimum atomic E-state index is -0.661. The summed E-state index contributed by atoms with van der Waals surface area (Å²) in [5.74, 6) is -1.69. The SMILES string of the molecule is COC(=O)c1ccc(NC(=O)COC(=O)Cc2n[nH]c(=O)c3ccccc23)cc1. The molecule has 0 unspecified atom stereocenters. The Bertz CT molecular complexity index is 1120. The molecule has 0 spiro atoms. The molecule has 0 bridgehead atoms. The van der Waals surface area contributed by atoms with Gasteiger partial charge in [0.25, 0.3) is 11.5 Å². The quantitative estimate of drug-likeness (QED) is 0.605. The maximum absolute atomic E-state index is 12.1. The molecule has 0 saturated heterocycles. The Morgan fingerprint density at radius 2 is 1.72 bits per heavy atom. The van der Waals surface area contributed by atoms with E-state index < -0.39 is 24.5 Å². The van der Waals surface area contributed by atoms with Crippen molar-refractivity contribution in [2.75, 3.05) is 19.0 Å². The third-order valence-corrected chi connectivity index (χ3v) is 4.04. The van der Waals surface area contributed by atoms with Gasteiger partial charge in [0.2, 0.25) is 0 Å². The van der Waals surface area contributed by atoms with E-state index in [2.05, 4.69) is 20.3 Å². The summed E-state index contributed by atoms with van der Waals surface area (Å²) in [5.41, 5.74) is 0.781.